The molecule has 5 nitrogen and oxygen atoms in total. The quantitative estimate of drug-likeness (QED) is 0.888. The molecule has 0 radical (unpaired) electrons. The minimum absolute atomic E-state index is 0.0837. The van der Waals surface area contributed by atoms with Crippen molar-refractivity contribution in [1.82, 2.24) is 9.97 Å². The summed E-state index contributed by atoms with van der Waals surface area (Å²) < 4.78 is 0.665. The largest absolute Gasteiger partial charge is 0.384 e. The van der Waals surface area contributed by atoms with Crippen molar-refractivity contribution in [2.45, 2.75) is 0 Å². The third-order valence-corrected chi connectivity index (χ3v) is 3.04. The van der Waals surface area contributed by atoms with E-state index >= 15 is 0 Å². The summed E-state index contributed by atoms with van der Waals surface area (Å²) in [6, 6.07) is 4.71. The van der Waals surface area contributed by atoms with Crippen molar-refractivity contribution in [2.24, 2.45) is 0 Å². The predicted octanol–water partition coefficient (Wildman–Crippen LogP) is 2.73. The lowest BCUT2D eigenvalue weighted by atomic mass is 10.3. The van der Waals surface area contributed by atoms with Crippen LogP contribution in [0.2, 0.25) is 5.02 Å². The molecule has 0 fully saturated rings. The summed E-state index contributed by atoms with van der Waals surface area (Å²) in [6.45, 7) is 0. The topological polar surface area (TPSA) is 80.9 Å². The lowest BCUT2D eigenvalue weighted by molar-refractivity contribution is 0.102. The van der Waals surface area contributed by atoms with Crippen molar-refractivity contribution in [3.8, 4) is 0 Å². The molecule has 0 bridgehead atoms. The Morgan fingerprint density at radius 2 is 2.17 bits per heavy atom. The monoisotopic (exact) mass is 326 g/mol. The zero-order valence-electron chi connectivity index (χ0n) is 9.02. The van der Waals surface area contributed by atoms with Gasteiger partial charge in [-0.3, -0.25) is 9.78 Å². The Hall–Kier alpha value is -1.66. The first-order valence-electron chi connectivity index (χ1n) is 4.91. The van der Waals surface area contributed by atoms with Crippen LogP contribution in [-0.2, 0) is 0 Å². The van der Waals surface area contributed by atoms with Crippen LogP contribution in [0.1, 0.15) is 10.5 Å². The molecule has 0 spiro atoms. The minimum atomic E-state index is -0.431. The molecule has 2 rings (SSSR count). The molecule has 2 aromatic heterocycles. The van der Waals surface area contributed by atoms with Crippen LogP contribution in [0.5, 0.6) is 0 Å². The molecule has 0 unspecified atom stereocenters. The first-order valence-corrected chi connectivity index (χ1v) is 6.08. The fourth-order valence-electron chi connectivity index (χ4n) is 1.27. The fraction of sp³-hybridized carbons (Fsp3) is 0. The van der Waals surface area contributed by atoms with Crippen LogP contribution >= 0.6 is 27.5 Å². The second-order valence-electron chi connectivity index (χ2n) is 3.38. The highest BCUT2D eigenvalue weighted by atomic mass is 79.9. The second-order valence-corrected chi connectivity index (χ2v) is 4.64. The number of carbonyl (C=O) groups excluding carboxylic acids is 1. The molecule has 0 aliphatic heterocycles. The highest BCUT2D eigenvalue weighted by Crippen LogP contribution is 2.22. The van der Waals surface area contributed by atoms with E-state index in [9.17, 15) is 4.79 Å². The number of nitrogen functional groups attached to an aromatic ring is 1. The van der Waals surface area contributed by atoms with Gasteiger partial charge in [0.15, 0.2) is 0 Å². The summed E-state index contributed by atoms with van der Waals surface area (Å²) in [6.07, 6.45) is 3.14. The Morgan fingerprint density at radius 3 is 2.89 bits per heavy atom. The van der Waals surface area contributed by atoms with Crippen LogP contribution in [0.3, 0.4) is 0 Å². The lowest BCUT2D eigenvalue weighted by Gasteiger charge is -2.07. The SMILES string of the molecule is Nc1ccc(Cl)c(C(=O)Nc2ccncc2Br)n1. The number of amides is 1. The highest BCUT2D eigenvalue weighted by Gasteiger charge is 2.14. The maximum absolute atomic E-state index is 12.0. The molecule has 2 heterocycles. The summed E-state index contributed by atoms with van der Waals surface area (Å²) >= 11 is 9.17. The third-order valence-electron chi connectivity index (χ3n) is 2.10. The normalized spacial score (nSPS) is 10.1. The average molecular weight is 328 g/mol. The predicted molar refractivity (Wildman–Crippen MR) is 73.5 cm³/mol. The summed E-state index contributed by atoms with van der Waals surface area (Å²) in [5, 5.41) is 2.91. The van der Waals surface area contributed by atoms with Gasteiger partial charge in [-0.1, -0.05) is 11.6 Å². The van der Waals surface area contributed by atoms with E-state index in [4.69, 9.17) is 17.3 Å². The minimum Gasteiger partial charge on any atom is -0.384 e. The van der Waals surface area contributed by atoms with Gasteiger partial charge in [-0.2, -0.15) is 0 Å². The maximum Gasteiger partial charge on any atom is 0.275 e. The number of aromatic nitrogens is 2. The van der Waals surface area contributed by atoms with Crippen molar-refractivity contribution < 1.29 is 4.79 Å². The molecule has 0 aliphatic rings. The number of nitrogens with zero attached hydrogens (tertiary/aromatic N) is 2. The molecule has 0 aromatic carbocycles. The molecule has 92 valence electrons. The van der Waals surface area contributed by atoms with Crippen LogP contribution in [0.25, 0.3) is 0 Å². The number of carbonyl (C=O) groups is 1. The fourth-order valence-corrected chi connectivity index (χ4v) is 1.82. The molecule has 0 atom stereocenters. The van der Waals surface area contributed by atoms with Gasteiger partial charge in [0.25, 0.3) is 5.91 Å². The first kappa shape index (κ1) is 12.8. The van der Waals surface area contributed by atoms with Gasteiger partial charge in [0, 0.05) is 12.4 Å². The maximum atomic E-state index is 12.0. The van der Waals surface area contributed by atoms with Crippen LogP contribution < -0.4 is 11.1 Å². The first-order chi connectivity index (χ1) is 8.58. The standard InChI is InChI=1S/C11H8BrClN4O/c12-6-5-15-4-3-8(6)16-11(18)10-7(13)1-2-9(14)17-10/h1-5H,(H2,14,17)(H,15,16,18). The molecule has 0 saturated carbocycles. The Labute approximate surface area is 117 Å². The molecular weight excluding hydrogens is 320 g/mol. The second kappa shape index (κ2) is 5.32. The van der Waals surface area contributed by atoms with E-state index in [1.54, 1.807) is 18.5 Å². The Balaban J connectivity index is 2.28. The number of nitrogens with two attached hydrogens (primary N) is 1. The number of nitrogens with one attached hydrogen (secondary N) is 1. The Morgan fingerprint density at radius 1 is 1.39 bits per heavy atom. The molecule has 2 aromatic rings. The van der Waals surface area contributed by atoms with E-state index in [1.807, 2.05) is 0 Å². The van der Waals surface area contributed by atoms with Crippen molar-refractivity contribution in [3.05, 3.63) is 45.8 Å². The van der Waals surface area contributed by atoms with Gasteiger partial charge in [-0.15, -0.1) is 0 Å². The number of halogens is 2. The highest BCUT2D eigenvalue weighted by molar-refractivity contribution is 9.10. The van der Waals surface area contributed by atoms with Gasteiger partial charge in [0.1, 0.15) is 11.5 Å². The molecule has 3 N–H and O–H groups in total. The van der Waals surface area contributed by atoms with Gasteiger partial charge in [0.2, 0.25) is 0 Å². The number of rotatable bonds is 2. The van der Waals surface area contributed by atoms with Gasteiger partial charge in [0.05, 0.1) is 15.2 Å². The Kier molecular flexibility index (Phi) is 3.78. The van der Waals surface area contributed by atoms with Crippen LogP contribution in [0.4, 0.5) is 11.5 Å². The summed E-state index contributed by atoms with van der Waals surface area (Å²) in [5.74, 6) is -0.197. The van der Waals surface area contributed by atoms with Crippen LogP contribution in [-0.4, -0.2) is 15.9 Å². The zero-order valence-corrected chi connectivity index (χ0v) is 11.4. The molecule has 18 heavy (non-hydrogen) atoms. The summed E-state index contributed by atoms with van der Waals surface area (Å²) in [4.78, 5) is 19.8. The van der Waals surface area contributed by atoms with E-state index in [0.29, 0.717) is 10.2 Å². The van der Waals surface area contributed by atoms with E-state index in [1.165, 1.54) is 12.1 Å². The van der Waals surface area contributed by atoms with E-state index < -0.39 is 5.91 Å². The van der Waals surface area contributed by atoms with Gasteiger partial charge in [-0.25, -0.2) is 4.98 Å². The number of pyridine rings is 2. The third kappa shape index (κ3) is 2.77. The van der Waals surface area contributed by atoms with Crippen molar-refractivity contribution in [1.29, 1.82) is 0 Å². The lowest BCUT2D eigenvalue weighted by Crippen LogP contribution is -2.15. The average Bonchev–Trinajstić information content (AvgIpc) is 2.35. The van der Waals surface area contributed by atoms with Gasteiger partial charge in [-0.05, 0) is 34.1 Å². The molecule has 0 saturated heterocycles. The van der Waals surface area contributed by atoms with E-state index in [0.717, 1.165) is 0 Å². The molecule has 0 aliphatic carbocycles. The van der Waals surface area contributed by atoms with Crippen molar-refractivity contribution >= 4 is 44.9 Å². The van der Waals surface area contributed by atoms with Crippen LogP contribution in [0.15, 0.2) is 35.1 Å². The molecular formula is C11H8BrClN4O. The smallest absolute Gasteiger partial charge is 0.275 e. The number of hydrogen-bond donors (Lipinski definition) is 2. The Bertz CT molecular complexity index is 605. The zero-order chi connectivity index (χ0) is 13.1. The summed E-state index contributed by atoms with van der Waals surface area (Å²) in [5.41, 5.74) is 6.18. The van der Waals surface area contributed by atoms with E-state index in [2.05, 4.69) is 31.2 Å². The summed E-state index contributed by atoms with van der Waals surface area (Å²) in [7, 11) is 0. The van der Waals surface area contributed by atoms with Crippen molar-refractivity contribution in [2.75, 3.05) is 11.1 Å². The number of anilines is 2. The molecule has 7 heteroatoms. The van der Waals surface area contributed by atoms with Gasteiger partial charge < -0.3 is 11.1 Å². The molecule has 1 amide bonds. The van der Waals surface area contributed by atoms with E-state index in [-0.39, 0.29) is 16.5 Å². The van der Waals surface area contributed by atoms with Crippen molar-refractivity contribution in [3.63, 3.8) is 0 Å². The van der Waals surface area contributed by atoms with Crippen LogP contribution in [0, 0.1) is 0 Å². The number of hydrogen-bond acceptors (Lipinski definition) is 4. The van der Waals surface area contributed by atoms with Gasteiger partial charge >= 0.3 is 0 Å².